The van der Waals surface area contributed by atoms with Crippen LogP contribution in [0.5, 0.6) is 0 Å². The quantitative estimate of drug-likeness (QED) is 0.0852. The molecule has 1 saturated carbocycles. The number of hydrogen-bond acceptors (Lipinski definition) is 6. The molecule has 1 saturated heterocycles. The van der Waals surface area contributed by atoms with Gasteiger partial charge in [0.2, 0.25) is 17.7 Å². The molecule has 0 radical (unpaired) electrons. The fourth-order valence-electron chi connectivity index (χ4n) is 9.96. The van der Waals surface area contributed by atoms with Crippen LogP contribution in [0.3, 0.4) is 0 Å². The van der Waals surface area contributed by atoms with Crippen molar-refractivity contribution in [2.24, 2.45) is 5.92 Å². The zero-order valence-corrected chi connectivity index (χ0v) is 40.2. The molecule has 1 aliphatic carbocycles. The highest BCUT2D eigenvalue weighted by atomic mass is 35.5. The lowest BCUT2D eigenvalue weighted by Gasteiger charge is -2.39. The van der Waals surface area contributed by atoms with E-state index in [9.17, 15) is 37.1 Å². The van der Waals surface area contributed by atoms with E-state index in [4.69, 9.17) is 16.3 Å². The number of carbonyl (C=O) groups excluding carboxylic acids is 5. The normalized spacial score (nSPS) is 17.6. The average Bonchev–Trinajstić information content (AvgIpc) is 3.90. The smallest absolute Gasteiger partial charge is 0.444 e. The second-order valence-corrected chi connectivity index (χ2v) is 19.3. The number of ether oxygens (including phenoxy) is 1. The predicted octanol–water partition coefficient (Wildman–Crippen LogP) is 10.1. The minimum Gasteiger partial charge on any atom is -0.444 e. The molecular weight excluding hydrogens is 893 g/mol. The summed E-state index contributed by atoms with van der Waals surface area (Å²) in [6.07, 6.45) is 4.60. The Hall–Kier alpha value is -5.69. The van der Waals surface area contributed by atoms with E-state index in [-0.39, 0.29) is 6.42 Å². The van der Waals surface area contributed by atoms with Gasteiger partial charge in [-0.3, -0.25) is 24.0 Å². The molecule has 1 heterocycles. The van der Waals surface area contributed by atoms with Crippen molar-refractivity contribution < 1.29 is 41.9 Å². The fraction of sp³-hybridized carbons (Fsp3) is 0.463. The van der Waals surface area contributed by atoms with Gasteiger partial charge in [-0.2, -0.15) is 13.2 Å². The molecule has 0 spiro atoms. The number of likely N-dealkylation sites (N-methyl/N-ethyl adjacent to an activating group) is 1. The van der Waals surface area contributed by atoms with Gasteiger partial charge >= 0.3 is 18.1 Å². The van der Waals surface area contributed by atoms with Crippen LogP contribution in [-0.2, 0) is 40.7 Å². The molecular formula is C54H64ClF3N4O6. The van der Waals surface area contributed by atoms with E-state index in [1.807, 2.05) is 53.8 Å². The van der Waals surface area contributed by atoms with Crippen molar-refractivity contribution in [1.29, 1.82) is 0 Å². The van der Waals surface area contributed by atoms with Gasteiger partial charge in [-0.15, -0.1) is 0 Å². The lowest BCUT2D eigenvalue weighted by molar-refractivity contribution is -0.177. The van der Waals surface area contributed by atoms with Gasteiger partial charge in [0.1, 0.15) is 17.6 Å². The number of nitrogens with one attached hydrogen (secondary N) is 2. The van der Waals surface area contributed by atoms with Crippen LogP contribution in [0.25, 0.3) is 0 Å². The number of amides is 4. The van der Waals surface area contributed by atoms with Gasteiger partial charge in [0.15, 0.2) is 5.60 Å². The first kappa shape index (κ1) is 51.7. The molecule has 2 aliphatic rings. The summed E-state index contributed by atoms with van der Waals surface area (Å²) in [4.78, 5) is 73.3. The summed E-state index contributed by atoms with van der Waals surface area (Å²) in [5, 5.41) is 4.99. The van der Waals surface area contributed by atoms with E-state index in [0.717, 1.165) is 30.6 Å². The standard InChI is InChI=1S/C54H64ClF3N4O6/c1-37(2)47(61(4)51(67)52(3,60-50(66)54(56,57)58)36-38-21-11-9-12-22-38)48(64)59-45(49(65)62-33-19-20-34-62)35-46(63)68-53(41-25-15-10-16-26-41,43-27-17-18-28-44(43)55)42-31-29-40(30-32-42)39-23-13-7-5-6-8-14-24-39/h9-12,15-18,21-22,25-32,37,39,45,47H,5-8,13-14,19-20,23-24,33-36H2,1-4H3,(H,59,64)(H,60,66)/t45-,47-,52-,53?/m0/s1. The van der Waals surface area contributed by atoms with E-state index < -0.39 is 71.3 Å². The summed E-state index contributed by atoms with van der Waals surface area (Å²) in [5.41, 5.74) is -0.400. The Morgan fingerprint density at radius 1 is 0.750 bits per heavy atom. The Bertz CT molecular complexity index is 2330. The summed E-state index contributed by atoms with van der Waals surface area (Å²) >= 11 is 7.03. The molecule has 1 aliphatic heterocycles. The highest BCUT2D eigenvalue weighted by molar-refractivity contribution is 6.31. The highest BCUT2D eigenvalue weighted by Crippen LogP contribution is 2.45. The molecule has 4 amide bonds. The number of nitrogens with zero attached hydrogens (tertiary/aromatic N) is 2. The minimum atomic E-state index is -5.30. The molecule has 0 bridgehead atoms. The lowest BCUT2D eigenvalue weighted by atomic mass is 9.78. The maximum atomic E-state index is 14.9. The van der Waals surface area contributed by atoms with Crippen molar-refractivity contribution in [3.8, 4) is 0 Å². The molecule has 364 valence electrons. The van der Waals surface area contributed by atoms with Crippen LogP contribution >= 0.6 is 11.6 Å². The summed E-state index contributed by atoms with van der Waals surface area (Å²) in [7, 11) is 1.27. The number of hydrogen-bond donors (Lipinski definition) is 2. The Labute approximate surface area is 403 Å². The molecule has 14 heteroatoms. The Kier molecular flexibility index (Phi) is 17.5. The third-order valence-corrected chi connectivity index (χ3v) is 13.7. The largest absolute Gasteiger partial charge is 0.471 e. The van der Waals surface area contributed by atoms with E-state index >= 15 is 0 Å². The van der Waals surface area contributed by atoms with Crippen LogP contribution in [0.4, 0.5) is 13.2 Å². The van der Waals surface area contributed by atoms with Crippen LogP contribution in [0.2, 0.25) is 5.02 Å². The van der Waals surface area contributed by atoms with E-state index in [0.29, 0.717) is 59.1 Å². The predicted molar refractivity (Wildman–Crippen MR) is 256 cm³/mol. The molecule has 1 unspecified atom stereocenters. The number of benzene rings is 4. The van der Waals surface area contributed by atoms with E-state index in [2.05, 4.69) is 17.4 Å². The van der Waals surface area contributed by atoms with Crippen LogP contribution < -0.4 is 10.6 Å². The summed E-state index contributed by atoms with van der Waals surface area (Å²) in [6, 6.07) is 29.9. The molecule has 4 atom stereocenters. The Balaban J connectivity index is 1.35. The molecule has 68 heavy (non-hydrogen) atoms. The number of likely N-dealkylation sites (tertiary alicyclic amines) is 1. The molecule has 4 aromatic rings. The first-order chi connectivity index (χ1) is 32.4. The van der Waals surface area contributed by atoms with Gasteiger partial charge in [-0.05, 0) is 61.6 Å². The highest BCUT2D eigenvalue weighted by Gasteiger charge is 2.49. The monoisotopic (exact) mass is 956 g/mol. The van der Waals surface area contributed by atoms with Gasteiger partial charge < -0.3 is 25.2 Å². The van der Waals surface area contributed by atoms with E-state index in [1.54, 1.807) is 67.3 Å². The molecule has 2 fully saturated rings. The number of alkyl halides is 3. The summed E-state index contributed by atoms with van der Waals surface area (Å²) < 4.78 is 47.9. The van der Waals surface area contributed by atoms with Gasteiger partial charge in [-0.1, -0.05) is 167 Å². The second-order valence-electron chi connectivity index (χ2n) is 18.9. The maximum absolute atomic E-state index is 14.9. The second kappa shape index (κ2) is 23.1. The number of carbonyl (C=O) groups is 5. The number of esters is 1. The zero-order valence-electron chi connectivity index (χ0n) is 39.5. The molecule has 10 nitrogen and oxygen atoms in total. The Morgan fingerprint density at radius 2 is 1.29 bits per heavy atom. The topological polar surface area (TPSA) is 125 Å². The molecule has 4 aromatic carbocycles. The van der Waals surface area contributed by atoms with Gasteiger partial charge in [-0.25, -0.2) is 0 Å². The van der Waals surface area contributed by atoms with Gasteiger partial charge in [0.05, 0.1) is 6.42 Å². The van der Waals surface area contributed by atoms with E-state index in [1.165, 1.54) is 45.2 Å². The Morgan fingerprint density at radius 3 is 1.87 bits per heavy atom. The third kappa shape index (κ3) is 12.5. The van der Waals surface area contributed by atoms with Crippen molar-refractivity contribution in [3.63, 3.8) is 0 Å². The zero-order chi connectivity index (χ0) is 49.1. The first-order valence-corrected chi connectivity index (χ1v) is 24.2. The minimum absolute atomic E-state index is 0.328. The van der Waals surface area contributed by atoms with Gasteiger partial charge in [0, 0.05) is 48.3 Å². The van der Waals surface area contributed by atoms with Crippen LogP contribution in [0.1, 0.15) is 125 Å². The summed E-state index contributed by atoms with van der Waals surface area (Å²) in [6.45, 7) is 5.25. The first-order valence-electron chi connectivity index (χ1n) is 23.9. The molecule has 2 N–H and O–H groups in total. The molecule has 6 rings (SSSR count). The third-order valence-electron chi connectivity index (χ3n) is 13.4. The van der Waals surface area contributed by atoms with Crippen molar-refractivity contribution in [1.82, 2.24) is 20.4 Å². The average molecular weight is 958 g/mol. The van der Waals surface area contributed by atoms with Crippen LogP contribution in [0, 0.1) is 5.92 Å². The van der Waals surface area contributed by atoms with Crippen molar-refractivity contribution in [2.75, 3.05) is 20.1 Å². The molecule has 0 aromatic heterocycles. The van der Waals surface area contributed by atoms with Crippen LogP contribution in [-0.4, -0.2) is 83.3 Å². The fourth-order valence-corrected chi connectivity index (χ4v) is 10.2. The summed E-state index contributed by atoms with van der Waals surface area (Å²) in [5.74, 6) is -5.75. The number of rotatable bonds is 16. The van der Waals surface area contributed by atoms with Crippen molar-refractivity contribution >= 4 is 41.2 Å². The number of halogens is 4. The lowest BCUT2D eigenvalue weighted by Crippen LogP contribution is -2.64. The van der Waals surface area contributed by atoms with Gasteiger partial charge in [0.25, 0.3) is 0 Å². The van der Waals surface area contributed by atoms with Crippen molar-refractivity contribution in [2.45, 2.75) is 133 Å². The maximum Gasteiger partial charge on any atom is 0.471 e. The van der Waals surface area contributed by atoms with Crippen molar-refractivity contribution in [3.05, 3.63) is 142 Å². The van der Waals surface area contributed by atoms with Crippen LogP contribution in [0.15, 0.2) is 109 Å². The SMILES string of the molecule is CC(C)[C@@H](C(=O)N[C@@H](CC(=O)OC(c1ccccc1)(c1ccc(C2CCCCCCCC2)cc1)c1ccccc1Cl)C(=O)N1CCCC1)N(C)C(=O)[C@](C)(Cc1ccccc1)NC(=O)C(F)(F)F.